The summed E-state index contributed by atoms with van der Waals surface area (Å²) in [5.41, 5.74) is 2.50. The molecule has 2 heterocycles. The van der Waals surface area contributed by atoms with Crippen LogP contribution >= 0.6 is 0 Å². The molecule has 1 amide bonds. The van der Waals surface area contributed by atoms with Crippen LogP contribution in [0.4, 0.5) is 5.69 Å². The first-order valence-corrected chi connectivity index (χ1v) is 12.2. The molecule has 0 saturated carbocycles. The third-order valence-electron chi connectivity index (χ3n) is 5.89. The number of fused-ring (bicyclic) bond motifs is 1. The van der Waals surface area contributed by atoms with Crippen LogP contribution in [-0.4, -0.2) is 75.5 Å². The van der Waals surface area contributed by atoms with E-state index in [4.69, 9.17) is 9.47 Å². The van der Waals surface area contributed by atoms with E-state index in [0.717, 1.165) is 11.1 Å². The number of carbonyl (C=O) groups is 2. The van der Waals surface area contributed by atoms with E-state index in [9.17, 15) is 18.0 Å². The molecule has 2 aromatic rings. The van der Waals surface area contributed by atoms with Gasteiger partial charge in [-0.2, -0.15) is 4.31 Å². The number of anilines is 1. The maximum Gasteiger partial charge on any atom is 0.323 e. The van der Waals surface area contributed by atoms with E-state index >= 15 is 0 Å². The van der Waals surface area contributed by atoms with Gasteiger partial charge in [-0.05, 0) is 35.7 Å². The monoisotopic (exact) mass is 473 g/mol. The highest BCUT2D eigenvalue weighted by atomic mass is 32.2. The molecule has 4 rings (SSSR count). The highest BCUT2D eigenvalue weighted by Gasteiger charge is 2.33. The van der Waals surface area contributed by atoms with Gasteiger partial charge in [0.05, 0.1) is 31.8 Å². The molecule has 10 heteroatoms. The van der Waals surface area contributed by atoms with Crippen molar-refractivity contribution < 1.29 is 27.5 Å². The molecule has 2 aliphatic rings. The number of nitrogens with zero attached hydrogens (tertiary/aromatic N) is 2. The fourth-order valence-corrected chi connectivity index (χ4v) is 5.62. The van der Waals surface area contributed by atoms with Crippen LogP contribution in [0.5, 0.6) is 0 Å². The molecule has 176 valence electrons. The van der Waals surface area contributed by atoms with Crippen LogP contribution < -0.4 is 5.32 Å². The quantitative estimate of drug-likeness (QED) is 0.630. The van der Waals surface area contributed by atoms with Gasteiger partial charge < -0.3 is 14.8 Å². The van der Waals surface area contributed by atoms with Gasteiger partial charge in [-0.25, -0.2) is 8.42 Å². The van der Waals surface area contributed by atoms with Gasteiger partial charge in [-0.3, -0.25) is 14.5 Å². The van der Waals surface area contributed by atoms with Gasteiger partial charge in [0.1, 0.15) is 6.04 Å². The highest BCUT2D eigenvalue weighted by molar-refractivity contribution is 7.89. The van der Waals surface area contributed by atoms with Gasteiger partial charge in [0, 0.05) is 25.3 Å². The number of ether oxygens (including phenoxy) is 2. The summed E-state index contributed by atoms with van der Waals surface area (Å²) in [6, 6.07) is 13.4. The van der Waals surface area contributed by atoms with Gasteiger partial charge in [-0.15, -0.1) is 0 Å². The number of hydrogen-bond donors (Lipinski definition) is 1. The van der Waals surface area contributed by atoms with E-state index in [1.807, 2.05) is 24.3 Å². The second-order valence-corrected chi connectivity index (χ2v) is 9.95. The fourth-order valence-electron chi connectivity index (χ4n) is 4.17. The predicted molar refractivity (Wildman–Crippen MR) is 121 cm³/mol. The van der Waals surface area contributed by atoms with Crippen molar-refractivity contribution in [1.29, 1.82) is 0 Å². The summed E-state index contributed by atoms with van der Waals surface area (Å²) in [4.78, 5) is 27.1. The van der Waals surface area contributed by atoms with Gasteiger partial charge in [0.25, 0.3) is 0 Å². The zero-order valence-electron chi connectivity index (χ0n) is 18.4. The number of sulfonamides is 1. The maximum absolute atomic E-state index is 12.9. The van der Waals surface area contributed by atoms with Crippen LogP contribution in [0.2, 0.25) is 0 Å². The first-order valence-electron chi connectivity index (χ1n) is 10.7. The molecule has 1 saturated heterocycles. The highest BCUT2D eigenvalue weighted by Crippen LogP contribution is 2.25. The van der Waals surface area contributed by atoms with Crippen molar-refractivity contribution in [3.8, 4) is 0 Å². The summed E-state index contributed by atoms with van der Waals surface area (Å²) in [5.74, 6) is -0.736. The molecule has 2 aliphatic heterocycles. The van der Waals surface area contributed by atoms with Crippen LogP contribution in [0.15, 0.2) is 53.4 Å². The number of esters is 1. The maximum atomic E-state index is 12.9. The predicted octanol–water partition coefficient (Wildman–Crippen LogP) is 1.25. The van der Waals surface area contributed by atoms with E-state index in [1.165, 1.54) is 23.5 Å². The molecule has 0 spiro atoms. The molecule has 0 bridgehead atoms. The molecular formula is C23H27N3O6S. The lowest BCUT2D eigenvalue weighted by Gasteiger charge is -2.34. The van der Waals surface area contributed by atoms with Crippen molar-refractivity contribution in [2.75, 3.05) is 45.3 Å². The molecule has 1 N–H and O–H groups in total. The summed E-state index contributed by atoms with van der Waals surface area (Å²) >= 11 is 0. The fraction of sp³-hybridized carbons (Fsp3) is 0.391. The van der Waals surface area contributed by atoms with E-state index in [1.54, 1.807) is 17.0 Å². The largest absolute Gasteiger partial charge is 0.468 e. The average molecular weight is 474 g/mol. The Bertz CT molecular complexity index is 1130. The van der Waals surface area contributed by atoms with E-state index in [0.29, 0.717) is 45.0 Å². The summed E-state index contributed by atoms with van der Waals surface area (Å²) in [6.45, 7) is 1.71. The molecule has 2 aromatic carbocycles. The van der Waals surface area contributed by atoms with Crippen molar-refractivity contribution in [2.24, 2.45) is 0 Å². The minimum atomic E-state index is -3.67. The Hall–Kier alpha value is -2.79. The SMILES string of the molecule is COC(=O)C1Cc2ccccc2CN1CC(=O)Nc1cccc(S(=O)(=O)N2CCOCC2)c1. The Morgan fingerprint density at radius 2 is 1.82 bits per heavy atom. The Kier molecular flexibility index (Phi) is 7.08. The number of carbonyl (C=O) groups excluding carboxylic acids is 2. The topological polar surface area (TPSA) is 105 Å². The van der Waals surface area contributed by atoms with E-state index in [-0.39, 0.29) is 17.3 Å². The zero-order valence-corrected chi connectivity index (χ0v) is 19.2. The summed E-state index contributed by atoms with van der Waals surface area (Å²) in [7, 11) is -2.34. The minimum absolute atomic E-state index is 0.0332. The van der Waals surface area contributed by atoms with Crippen molar-refractivity contribution >= 4 is 27.6 Å². The Labute approximate surface area is 193 Å². The molecule has 1 unspecified atom stereocenters. The van der Waals surface area contributed by atoms with Crippen LogP contribution in [0.25, 0.3) is 0 Å². The molecular weight excluding hydrogens is 446 g/mol. The third-order valence-corrected chi connectivity index (χ3v) is 7.79. The van der Waals surface area contributed by atoms with E-state index < -0.39 is 22.0 Å². The standard InChI is InChI=1S/C23H27N3O6S/c1-31-23(28)21-13-17-5-2-3-6-18(17)15-25(21)16-22(27)24-19-7-4-8-20(14-19)33(29,30)26-9-11-32-12-10-26/h2-8,14,21H,9-13,15-16H2,1H3,(H,24,27). The second kappa shape index (κ2) is 10.0. The zero-order chi connectivity index (χ0) is 23.4. The summed E-state index contributed by atoms with van der Waals surface area (Å²) < 4.78 is 37.4. The molecule has 0 radical (unpaired) electrons. The van der Waals surface area contributed by atoms with E-state index in [2.05, 4.69) is 5.32 Å². The second-order valence-electron chi connectivity index (χ2n) is 8.01. The molecule has 33 heavy (non-hydrogen) atoms. The number of morpholine rings is 1. The Balaban J connectivity index is 1.47. The molecule has 9 nitrogen and oxygen atoms in total. The Morgan fingerprint density at radius 3 is 2.55 bits per heavy atom. The lowest BCUT2D eigenvalue weighted by atomic mass is 9.94. The summed E-state index contributed by atoms with van der Waals surface area (Å²) in [6.07, 6.45) is 0.462. The number of amides is 1. The summed E-state index contributed by atoms with van der Waals surface area (Å²) in [5, 5.41) is 2.77. The lowest BCUT2D eigenvalue weighted by Crippen LogP contribution is -2.49. The van der Waals surface area contributed by atoms with Crippen LogP contribution in [0, 0.1) is 0 Å². The normalized spacial score (nSPS) is 19.5. The number of hydrogen-bond acceptors (Lipinski definition) is 7. The number of rotatable bonds is 6. The smallest absolute Gasteiger partial charge is 0.323 e. The molecule has 1 atom stereocenters. The van der Waals surface area contributed by atoms with Gasteiger partial charge >= 0.3 is 5.97 Å². The number of methoxy groups -OCH3 is 1. The average Bonchev–Trinajstić information content (AvgIpc) is 2.83. The first-order chi connectivity index (χ1) is 15.9. The van der Waals surface area contributed by atoms with Crippen molar-refractivity contribution in [2.45, 2.75) is 23.9 Å². The van der Waals surface area contributed by atoms with Crippen LogP contribution in [-0.2, 0) is 42.1 Å². The first kappa shape index (κ1) is 23.4. The molecule has 0 aromatic heterocycles. The Morgan fingerprint density at radius 1 is 1.09 bits per heavy atom. The minimum Gasteiger partial charge on any atom is -0.468 e. The lowest BCUT2D eigenvalue weighted by molar-refractivity contribution is -0.148. The molecule has 1 fully saturated rings. The van der Waals surface area contributed by atoms with Crippen molar-refractivity contribution in [1.82, 2.24) is 9.21 Å². The number of benzene rings is 2. The van der Waals surface area contributed by atoms with Gasteiger partial charge in [0.15, 0.2) is 0 Å². The van der Waals surface area contributed by atoms with Gasteiger partial charge in [-0.1, -0.05) is 30.3 Å². The molecule has 0 aliphatic carbocycles. The number of nitrogens with one attached hydrogen (secondary N) is 1. The third kappa shape index (κ3) is 5.25. The van der Waals surface area contributed by atoms with Crippen LogP contribution in [0.1, 0.15) is 11.1 Å². The van der Waals surface area contributed by atoms with Crippen molar-refractivity contribution in [3.63, 3.8) is 0 Å². The van der Waals surface area contributed by atoms with Crippen molar-refractivity contribution in [3.05, 3.63) is 59.7 Å². The van der Waals surface area contributed by atoms with Crippen LogP contribution in [0.3, 0.4) is 0 Å². The van der Waals surface area contributed by atoms with Gasteiger partial charge in [0.2, 0.25) is 15.9 Å².